The molecule has 0 radical (unpaired) electrons. The molecule has 2 aliphatic heterocycles. The normalized spacial score (nSPS) is 17.4. The molecule has 0 saturated carbocycles. The molecule has 0 aromatic heterocycles. The minimum Gasteiger partial charge on any atom is -0.444 e. The molecule has 198 valence electrons. The van der Waals surface area contributed by atoms with E-state index in [2.05, 4.69) is 42.1 Å². The molecule has 7 nitrogen and oxygen atoms in total. The van der Waals surface area contributed by atoms with Crippen LogP contribution in [0, 0.1) is 12.3 Å². The number of benzene rings is 1. The lowest BCUT2D eigenvalue weighted by Crippen LogP contribution is -2.35. The standard InChI is InChI=1S/C11H15NO.C9H17NO2.C7H12O.CH2O/c1-12-7-8-13-11(9-12)10-5-3-2-4-6-10;1-9(2,3)12-8(11)10-6-4-5-7-10;1-2-3-4-5-6-7-8;1-2/h2-6,11H,7-9H2,1H3;4-7H2,1-3H3;1,8H,3-7H2;1H2. The number of morpholine rings is 1. The molecule has 1 aromatic carbocycles. The van der Waals surface area contributed by atoms with E-state index in [1.165, 1.54) is 5.56 Å². The quantitative estimate of drug-likeness (QED) is 0.476. The van der Waals surface area contributed by atoms with Crippen molar-refractivity contribution in [1.82, 2.24) is 9.80 Å². The van der Waals surface area contributed by atoms with Crippen LogP contribution in [0.4, 0.5) is 4.79 Å². The first-order valence-electron chi connectivity index (χ1n) is 12.4. The van der Waals surface area contributed by atoms with Gasteiger partial charge in [0.2, 0.25) is 0 Å². The highest BCUT2D eigenvalue weighted by atomic mass is 16.6. The number of amides is 1. The first-order valence-corrected chi connectivity index (χ1v) is 12.4. The topological polar surface area (TPSA) is 79.3 Å². The summed E-state index contributed by atoms with van der Waals surface area (Å²) in [4.78, 5) is 23.4. The van der Waals surface area contributed by atoms with Gasteiger partial charge in [-0.05, 0) is 59.1 Å². The maximum absolute atomic E-state index is 11.4. The SMILES string of the molecule is C#CCCCCCO.C=O.CC(C)(C)OC(=O)N1CCCC1.CN1CCOC(c2ccccc2)C1. The van der Waals surface area contributed by atoms with Gasteiger partial charge in [0.15, 0.2) is 0 Å². The third-order valence-corrected chi connectivity index (χ3v) is 5.18. The summed E-state index contributed by atoms with van der Waals surface area (Å²) in [5, 5.41) is 8.31. The number of rotatable bonds is 5. The fraction of sp³-hybridized carbons (Fsp3) is 0.643. The monoisotopic (exact) mass is 490 g/mol. The van der Waals surface area contributed by atoms with Gasteiger partial charge in [0.1, 0.15) is 12.4 Å². The van der Waals surface area contributed by atoms with Crippen molar-refractivity contribution in [2.75, 3.05) is 46.4 Å². The lowest BCUT2D eigenvalue weighted by atomic mass is 10.1. The van der Waals surface area contributed by atoms with Crippen molar-refractivity contribution < 1.29 is 24.2 Å². The summed E-state index contributed by atoms with van der Waals surface area (Å²) in [6.45, 7) is 12.6. The van der Waals surface area contributed by atoms with Crippen LogP contribution in [0.3, 0.4) is 0 Å². The Hall–Kier alpha value is -2.40. The predicted molar refractivity (Wildman–Crippen MR) is 141 cm³/mol. The maximum Gasteiger partial charge on any atom is 0.410 e. The van der Waals surface area contributed by atoms with Crippen LogP contribution in [0.5, 0.6) is 0 Å². The first kappa shape index (κ1) is 32.6. The molecule has 2 saturated heterocycles. The van der Waals surface area contributed by atoms with Crippen LogP contribution in [0.2, 0.25) is 0 Å². The van der Waals surface area contributed by atoms with Gasteiger partial charge in [0.25, 0.3) is 0 Å². The Morgan fingerprint density at radius 2 is 1.77 bits per heavy atom. The molecule has 1 amide bonds. The summed E-state index contributed by atoms with van der Waals surface area (Å²) in [7, 11) is 2.14. The van der Waals surface area contributed by atoms with Crippen molar-refractivity contribution in [3.8, 4) is 12.3 Å². The summed E-state index contributed by atoms with van der Waals surface area (Å²) in [5.41, 5.74) is 0.925. The summed E-state index contributed by atoms with van der Waals surface area (Å²) in [6.07, 6.45) is 11.2. The highest BCUT2D eigenvalue weighted by Gasteiger charge is 2.24. The van der Waals surface area contributed by atoms with Crippen LogP contribution in [0.25, 0.3) is 0 Å². The Morgan fingerprint density at radius 1 is 1.14 bits per heavy atom. The number of hydrogen-bond acceptors (Lipinski definition) is 6. The summed E-state index contributed by atoms with van der Waals surface area (Å²) in [6, 6.07) is 10.4. The van der Waals surface area contributed by atoms with Gasteiger partial charge in [0.05, 0.1) is 12.7 Å². The Labute approximate surface area is 212 Å². The van der Waals surface area contributed by atoms with E-state index in [0.29, 0.717) is 6.61 Å². The van der Waals surface area contributed by atoms with Gasteiger partial charge in [-0.3, -0.25) is 0 Å². The third-order valence-electron chi connectivity index (χ3n) is 5.18. The van der Waals surface area contributed by atoms with Crippen LogP contribution >= 0.6 is 0 Å². The molecule has 2 aliphatic rings. The second-order valence-corrected chi connectivity index (χ2v) is 9.45. The molecule has 35 heavy (non-hydrogen) atoms. The largest absolute Gasteiger partial charge is 0.444 e. The molecule has 0 spiro atoms. The molecule has 2 fully saturated rings. The minimum atomic E-state index is -0.361. The van der Waals surface area contributed by atoms with Crippen molar-refractivity contribution in [1.29, 1.82) is 0 Å². The van der Waals surface area contributed by atoms with Gasteiger partial charge >= 0.3 is 6.09 Å². The van der Waals surface area contributed by atoms with Gasteiger partial charge in [0, 0.05) is 39.2 Å². The predicted octanol–water partition coefficient (Wildman–Crippen LogP) is 4.69. The minimum absolute atomic E-state index is 0.167. The van der Waals surface area contributed by atoms with Gasteiger partial charge in [-0.15, -0.1) is 12.3 Å². The molecular weight excluding hydrogens is 444 g/mol. The van der Waals surface area contributed by atoms with E-state index in [1.54, 1.807) is 4.90 Å². The lowest BCUT2D eigenvalue weighted by molar-refractivity contribution is -0.0980. The van der Waals surface area contributed by atoms with Crippen LogP contribution < -0.4 is 0 Å². The Balaban J connectivity index is 0.000000492. The highest BCUT2D eigenvalue weighted by Crippen LogP contribution is 2.20. The highest BCUT2D eigenvalue weighted by molar-refractivity contribution is 5.68. The van der Waals surface area contributed by atoms with Gasteiger partial charge in [-0.25, -0.2) is 4.79 Å². The molecule has 1 aromatic rings. The smallest absolute Gasteiger partial charge is 0.410 e. The second-order valence-electron chi connectivity index (χ2n) is 9.45. The Morgan fingerprint density at radius 3 is 2.29 bits per heavy atom. The van der Waals surface area contributed by atoms with E-state index in [4.69, 9.17) is 25.8 Å². The fourth-order valence-electron chi connectivity index (χ4n) is 3.39. The van der Waals surface area contributed by atoms with Crippen molar-refractivity contribution in [2.24, 2.45) is 0 Å². The van der Waals surface area contributed by atoms with Gasteiger partial charge in [-0.2, -0.15) is 0 Å². The number of likely N-dealkylation sites (tertiary alicyclic amines) is 1. The molecule has 1 atom stereocenters. The van der Waals surface area contributed by atoms with E-state index in [9.17, 15) is 4.79 Å². The number of carbonyl (C=O) groups excluding carboxylic acids is 2. The van der Waals surface area contributed by atoms with E-state index in [0.717, 1.165) is 71.3 Å². The van der Waals surface area contributed by atoms with Crippen LogP contribution in [0.15, 0.2) is 30.3 Å². The zero-order chi connectivity index (χ0) is 26.5. The van der Waals surface area contributed by atoms with Crippen molar-refractivity contribution >= 4 is 12.9 Å². The van der Waals surface area contributed by atoms with Crippen LogP contribution in [-0.2, 0) is 14.3 Å². The lowest BCUT2D eigenvalue weighted by Gasteiger charge is -2.30. The van der Waals surface area contributed by atoms with Crippen molar-refractivity contribution in [3.05, 3.63) is 35.9 Å². The zero-order valence-corrected chi connectivity index (χ0v) is 22.2. The average Bonchev–Trinajstić information content (AvgIpc) is 3.39. The molecule has 0 bridgehead atoms. The van der Waals surface area contributed by atoms with E-state index in [-0.39, 0.29) is 17.8 Å². The number of aliphatic hydroxyl groups excluding tert-OH is 1. The summed E-state index contributed by atoms with van der Waals surface area (Å²) >= 11 is 0. The molecule has 7 heteroatoms. The first-order chi connectivity index (χ1) is 16.8. The van der Waals surface area contributed by atoms with Crippen molar-refractivity contribution in [3.63, 3.8) is 0 Å². The van der Waals surface area contributed by atoms with Crippen LogP contribution in [-0.4, -0.2) is 79.8 Å². The number of nitrogens with zero attached hydrogens (tertiary/aromatic N) is 2. The number of unbranched alkanes of at least 4 members (excludes halogenated alkanes) is 3. The molecule has 2 heterocycles. The van der Waals surface area contributed by atoms with Gasteiger partial charge in [-0.1, -0.05) is 36.8 Å². The second kappa shape index (κ2) is 19.9. The molecular formula is C28H46N2O5. The Kier molecular flexibility index (Phi) is 18.5. The third kappa shape index (κ3) is 16.8. The fourth-order valence-corrected chi connectivity index (χ4v) is 3.39. The van der Waals surface area contributed by atoms with Crippen LogP contribution in [0.1, 0.15) is 71.0 Å². The number of carbonyl (C=O) groups is 2. The maximum atomic E-state index is 11.4. The molecule has 3 rings (SSSR count). The van der Waals surface area contributed by atoms with E-state index < -0.39 is 0 Å². The van der Waals surface area contributed by atoms with Crippen molar-refractivity contribution in [2.45, 2.75) is 71.0 Å². The number of terminal acetylenes is 1. The number of likely N-dealkylation sites (N-methyl/N-ethyl adjacent to an activating group) is 1. The van der Waals surface area contributed by atoms with Gasteiger partial charge < -0.3 is 29.2 Å². The number of ether oxygens (including phenoxy) is 2. The summed E-state index contributed by atoms with van der Waals surface area (Å²) < 4.78 is 10.9. The van der Waals surface area contributed by atoms with E-state index >= 15 is 0 Å². The molecule has 1 N–H and O–H groups in total. The summed E-state index contributed by atoms with van der Waals surface area (Å²) in [5.74, 6) is 2.54. The average molecular weight is 491 g/mol. The molecule has 1 unspecified atom stereocenters. The number of aliphatic hydroxyl groups is 1. The molecule has 0 aliphatic carbocycles. The Bertz CT molecular complexity index is 694. The zero-order valence-electron chi connectivity index (χ0n) is 22.2. The van der Waals surface area contributed by atoms with E-state index in [1.807, 2.05) is 33.6 Å². The number of hydrogen-bond donors (Lipinski definition) is 1.